The lowest BCUT2D eigenvalue weighted by molar-refractivity contribution is -0.119. The van der Waals surface area contributed by atoms with Crippen LogP contribution in [0.2, 0.25) is 0 Å². The number of hydrogen-bond donors (Lipinski definition) is 1. The molecule has 1 saturated heterocycles. The van der Waals surface area contributed by atoms with Crippen molar-refractivity contribution >= 4 is 5.91 Å². The molecule has 1 unspecified atom stereocenters. The molecule has 1 aliphatic heterocycles. The van der Waals surface area contributed by atoms with Gasteiger partial charge in [-0.3, -0.25) is 4.79 Å². The fourth-order valence-corrected chi connectivity index (χ4v) is 1.63. The molecule has 0 aromatic heterocycles. The minimum Gasteiger partial charge on any atom is -0.349 e. The Kier molecular flexibility index (Phi) is 2.19. The minimum absolute atomic E-state index is 0.0845. The third kappa shape index (κ3) is 1.60. The van der Waals surface area contributed by atoms with Crippen molar-refractivity contribution in [2.24, 2.45) is 0 Å². The quantitative estimate of drug-likeness (QED) is 0.732. The van der Waals surface area contributed by atoms with Gasteiger partial charge in [0, 0.05) is 18.1 Å². The Labute approximate surface area is 79.9 Å². The molecule has 1 aromatic rings. The predicted molar refractivity (Wildman–Crippen MR) is 46.5 cm³/mol. The lowest BCUT2D eigenvalue weighted by Gasteiger charge is -2.10. The van der Waals surface area contributed by atoms with Crippen LogP contribution in [0, 0.1) is 11.6 Å². The van der Waals surface area contributed by atoms with Crippen LogP contribution in [0.3, 0.4) is 0 Å². The fraction of sp³-hybridized carbons (Fsp3) is 0.300. The van der Waals surface area contributed by atoms with Crippen LogP contribution in [0.4, 0.5) is 8.78 Å². The average molecular weight is 197 g/mol. The van der Waals surface area contributed by atoms with Crippen molar-refractivity contribution in [3.8, 4) is 0 Å². The van der Waals surface area contributed by atoms with Gasteiger partial charge in [0.1, 0.15) is 11.6 Å². The Bertz CT molecular complexity index is 378. The molecule has 1 N–H and O–H groups in total. The van der Waals surface area contributed by atoms with Crippen molar-refractivity contribution in [1.82, 2.24) is 5.32 Å². The number of hydrogen-bond acceptors (Lipinski definition) is 1. The van der Waals surface area contributed by atoms with Gasteiger partial charge in [0.05, 0.1) is 6.04 Å². The molecule has 0 aliphatic carbocycles. The highest BCUT2D eigenvalue weighted by Crippen LogP contribution is 2.26. The SMILES string of the molecule is O=C1CCC(c2ccc(F)cc2F)N1. The predicted octanol–water partition coefficient (Wildman–Crippen LogP) is 1.92. The number of benzene rings is 1. The summed E-state index contributed by atoms with van der Waals surface area (Å²) in [5.41, 5.74) is 0.359. The summed E-state index contributed by atoms with van der Waals surface area (Å²) in [6.07, 6.45) is 0.975. The summed E-state index contributed by atoms with van der Waals surface area (Å²) in [6.45, 7) is 0. The number of halogens is 2. The Morgan fingerprint density at radius 3 is 2.71 bits per heavy atom. The molecular weight excluding hydrogens is 188 g/mol. The van der Waals surface area contributed by atoms with E-state index in [1.165, 1.54) is 12.1 Å². The fourth-order valence-electron chi connectivity index (χ4n) is 1.63. The van der Waals surface area contributed by atoms with Crippen LogP contribution in [0.25, 0.3) is 0 Å². The highest BCUT2D eigenvalue weighted by molar-refractivity contribution is 5.78. The van der Waals surface area contributed by atoms with E-state index in [-0.39, 0.29) is 11.9 Å². The summed E-state index contributed by atoms with van der Waals surface area (Å²) in [5.74, 6) is -1.29. The number of rotatable bonds is 1. The Morgan fingerprint density at radius 2 is 2.14 bits per heavy atom. The van der Waals surface area contributed by atoms with Crippen LogP contribution >= 0.6 is 0 Å². The zero-order valence-corrected chi connectivity index (χ0v) is 7.39. The van der Waals surface area contributed by atoms with Crippen molar-refractivity contribution in [2.75, 3.05) is 0 Å². The summed E-state index contributed by atoms with van der Waals surface area (Å²) < 4.78 is 25.8. The molecule has 0 radical (unpaired) electrons. The smallest absolute Gasteiger partial charge is 0.220 e. The molecule has 4 heteroatoms. The molecule has 1 atom stereocenters. The highest BCUT2D eigenvalue weighted by Gasteiger charge is 2.24. The van der Waals surface area contributed by atoms with Crippen LogP contribution in [-0.2, 0) is 4.79 Å². The molecule has 1 aliphatic rings. The largest absolute Gasteiger partial charge is 0.349 e. The molecule has 1 fully saturated rings. The molecule has 1 heterocycles. The first-order chi connectivity index (χ1) is 6.66. The summed E-state index contributed by atoms with van der Waals surface area (Å²) in [6, 6.07) is 3.10. The molecule has 14 heavy (non-hydrogen) atoms. The van der Waals surface area contributed by atoms with Gasteiger partial charge in [0.2, 0.25) is 5.91 Å². The molecule has 2 rings (SSSR count). The molecule has 0 bridgehead atoms. The number of amides is 1. The van der Waals surface area contributed by atoms with E-state index in [1.54, 1.807) is 0 Å². The van der Waals surface area contributed by atoms with Gasteiger partial charge in [-0.2, -0.15) is 0 Å². The number of carbonyl (C=O) groups is 1. The van der Waals surface area contributed by atoms with E-state index in [2.05, 4.69) is 5.32 Å². The maximum atomic E-state index is 13.2. The van der Waals surface area contributed by atoms with Crippen LogP contribution in [-0.4, -0.2) is 5.91 Å². The highest BCUT2D eigenvalue weighted by atomic mass is 19.1. The Hall–Kier alpha value is -1.45. The van der Waals surface area contributed by atoms with Gasteiger partial charge in [0.15, 0.2) is 0 Å². The van der Waals surface area contributed by atoms with E-state index in [4.69, 9.17) is 0 Å². The first-order valence-electron chi connectivity index (χ1n) is 4.41. The zero-order chi connectivity index (χ0) is 10.1. The lowest BCUT2D eigenvalue weighted by Crippen LogP contribution is -2.19. The molecular formula is C10H9F2NO. The summed E-state index contributed by atoms with van der Waals surface area (Å²) in [4.78, 5) is 10.9. The van der Waals surface area contributed by atoms with Crippen LogP contribution in [0.5, 0.6) is 0 Å². The van der Waals surface area contributed by atoms with Crippen molar-refractivity contribution < 1.29 is 13.6 Å². The van der Waals surface area contributed by atoms with E-state index in [0.29, 0.717) is 18.4 Å². The monoisotopic (exact) mass is 197 g/mol. The first kappa shape index (κ1) is 9.12. The summed E-state index contributed by atoms with van der Waals surface area (Å²) >= 11 is 0. The molecule has 1 amide bonds. The standard InChI is InChI=1S/C10H9F2NO/c11-6-1-2-7(8(12)5-6)9-3-4-10(14)13-9/h1-2,5,9H,3-4H2,(H,13,14). The number of nitrogens with one attached hydrogen (secondary N) is 1. The Balaban J connectivity index is 2.28. The second-order valence-electron chi connectivity index (χ2n) is 3.32. The third-order valence-electron chi connectivity index (χ3n) is 2.33. The first-order valence-corrected chi connectivity index (χ1v) is 4.41. The molecule has 0 saturated carbocycles. The van der Waals surface area contributed by atoms with Gasteiger partial charge in [-0.25, -0.2) is 8.78 Å². The minimum atomic E-state index is -0.601. The van der Waals surface area contributed by atoms with Crippen LogP contribution in [0.1, 0.15) is 24.4 Å². The van der Waals surface area contributed by atoms with Crippen LogP contribution in [0.15, 0.2) is 18.2 Å². The average Bonchev–Trinajstić information content (AvgIpc) is 2.51. The van der Waals surface area contributed by atoms with Gasteiger partial charge < -0.3 is 5.32 Å². The van der Waals surface area contributed by atoms with E-state index < -0.39 is 11.6 Å². The van der Waals surface area contributed by atoms with Gasteiger partial charge in [-0.1, -0.05) is 6.07 Å². The van der Waals surface area contributed by atoms with Crippen molar-refractivity contribution in [2.45, 2.75) is 18.9 Å². The van der Waals surface area contributed by atoms with Crippen molar-refractivity contribution in [3.63, 3.8) is 0 Å². The lowest BCUT2D eigenvalue weighted by atomic mass is 10.0. The number of carbonyl (C=O) groups excluding carboxylic acids is 1. The molecule has 74 valence electrons. The third-order valence-corrected chi connectivity index (χ3v) is 2.33. The van der Waals surface area contributed by atoms with Gasteiger partial charge >= 0.3 is 0 Å². The van der Waals surface area contributed by atoms with Gasteiger partial charge in [-0.05, 0) is 12.5 Å². The second-order valence-corrected chi connectivity index (χ2v) is 3.32. The van der Waals surface area contributed by atoms with Gasteiger partial charge in [0.25, 0.3) is 0 Å². The second kappa shape index (κ2) is 3.36. The maximum Gasteiger partial charge on any atom is 0.220 e. The van der Waals surface area contributed by atoms with Crippen molar-refractivity contribution in [1.29, 1.82) is 0 Å². The topological polar surface area (TPSA) is 29.1 Å². The maximum absolute atomic E-state index is 13.2. The summed E-state index contributed by atoms with van der Waals surface area (Å²) in [7, 11) is 0. The van der Waals surface area contributed by atoms with Crippen molar-refractivity contribution in [3.05, 3.63) is 35.4 Å². The van der Waals surface area contributed by atoms with Crippen LogP contribution < -0.4 is 5.32 Å². The van der Waals surface area contributed by atoms with E-state index in [0.717, 1.165) is 6.07 Å². The Morgan fingerprint density at radius 1 is 1.36 bits per heavy atom. The molecule has 2 nitrogen and oxygen atoms in total. The summed E-state index contributed by atoms with van der Waals surface area (Å²) in [5, 5.41) is 2.63. The normalized spacial score (nSPS) is 21.0. The van der Waals surface area contributed by atoms with E-state index in [1.807, 2.05) is 0 Å². The zero-order valence-electron chi connectivity index (χ0n) is 7.39. The van der Waals surface area contributed by atoms with E-state index in [9.17, 15) is 13.6 Å². The van der Waals surface area contributed by atoms with E-state index >= 15 is 0 Å². The molecule has 1 aromatic carbocycles. The molecule has 0 spiro atoms. The van der Waals surface area contributed by atoms with Gasteiger partial charge in [-0.15, -0.1) is 0 Å².